The number of amides is 1. The van der Waals surface area contributed by atoms with Crippen molar-refractivity contribution in [2.75, 3.05) is 0 Å². The van der Waals surface area contributed by atoms with E-state index in [9.17, 15) is 4.79 Å². The van der Waals surface area contributed by atoms with E-state index in [-0.39, 0.29) is 18.5 Å². The number of carbonyl (C=O) groups excluding carboxylic acids is 1. The molecule has 2 aromatic rings. The molecule has 1 amide bonds. The Morgan fingerprint density at radius 2 is 2.47 bits per heavy atom. The number of aromatic nitrogens is 6. The Balaban J connectivity index is 1.58. The molecule has 0 radical (unpaired) electrons. The normalized spacial score (nSPS) is 18.1. The predicted octanol–water partition coefficient (Wildman–Crippen LogP) is -0.691. The molecule has 3 heterocycles. The average molecular weight is 261 g/mol. The summed E-state index contributed by atoms with van der Waals surface area (Å²) in [7, 11) is 0. The van der Waals surface area contributed by atoms with Gasteiger partial charge in [-0.15, -0.1) is 5.10 Å². The Morgan fingerprint density at radius 1 is 1.58 bits per heavy atom. The smallest absolute Gasteiger partial charge is 0.242 e. The second kappa shape index (κ2) is 4.79. The van der Waals surface area contributed by atoms with Crippen LogP contribution >= 0.6 is 0 Å². The van der Waals surface area contributed by atoms with Crippen molar-refractivity contribution in [3.63, 3.8) is 0 Å². The highest BCUT2D eigenvalue weighted by Crippen LogP contribution is 2.14. The van der Waals surface area contributed by atoms with Crippen LogP contribution in [0.4, 0.5) is 0 Å². The second-order valence-corrected chi connectivity index (χ2v) is 4.76. The second-order valence-electron chi connectivity index (χ2n) is 4.76. The summed E-state index contributed by atoms with van der Waals surface area (Å²) >= 11 is 0. The molecule has 0 aromatic carbocycles. The molecule has 1 aliphatic rings. The summed E-state index contributed by atoms with van der Waals surface area (Å²) in [6.07, 6.45) is 5.26. The average Bonchev–Trinajstić information content (AvgIpc) is 2.96. The fraction of sp³-hybridized carbons (Fsp3) is 0.545. The summed E-state index contributed by atoms with van der Waals surface area (Å²) < 4.78 is 3.52. The lowest BCUT2D eigenvalue weighted by Crippen LogP contribution is -2.42. The maximum absolute atomic E-state index is 11.8. The van der Waals surface area contributed by atoms with Crippen molar-refractivity contribution < 1.29 is 4.79 Å². The first-order valence-electron chi connectivity index (χ1n) is 6.23. The van der Waals surface area contributed by atoms with E-state index in [2.05, 4.69) is 30.4 Å². The summed E-state index contributed by atoms with van der Waals surface area (Å²) in [5.74, 6) is 1.03. The predicted molar refractivity (Wildman–Crippen MR) is 65.0 cm³/mol. The zero-order valence-corrected chi connectivity index (χ0v) is 10.7. The summed E-state index contributed by atoms with van der Waals surface area (Å²) in [4.78, 5) is 16.3. The van der Waals surface area contributed by atoms with E-state index >= 15 is 0 Å². The number of tetrazole rings is 1. The number of hydrogen-bond donors (Lipinski definition) is 1. The van der Waals surface area contributed by atoms with E-state index in [0.717, 1.165) is 30.9 Å². The minimum absolute atomic E-state index is 0.0717. The molecule has 1 aliphatic heterocycles. The number of imidazole rings is 1. The highest BCUT2D eigenvalue weighted by atomic mass is 16.2. The van der Waals surface area contributed by atoms with Crippen LogP contribution < -0.4 is 5.32 Å². The molecular weight excluding hydrogens is 246 g/mol. The number of carbonyl (C=O) groups is 1. The fourth-order valence-electron chi connectivity index (χ4n) is 2.38. The van der Waals surface area contributed by atoms with E-state index in [1.54, 1.807) is 0 Å². The van der Waals surface area contributed by atoms with Crippen molar-refractivity contribution >= 4 is 5.91 Å². The molecule has 19 heavy (non-hydrogen) atoms. The molecule has 100 valence electrons. The lowest BCUT2D eigenvalue weighted by molar-refractivity contribution is -0.122. The van der Waals surface area contributed by atoms with E-state index in [4.69, 9.17) is 0 Å². The maximum Gasteiger partial charge on any atom is 0.242 e. The Kier molecular flexibility index (Phi) is 2.98. The minimum Gasteiger partial charge on any atom is -0.350 e. The van der Waals surface area contributed by atoms with E-state index in [1.165, 1.54) is 11.0 Å². The number of fused-ring (bicyclic) bond motifs is 1. The largest absolute Gasteiger partial charge is 0.350 e. The lowest BCUT2D eigenvalue weighted by atomic mass is 10.1. The van der Waals surface area contributed by atoms with Gasteiger partial charge in [0.05, 0.1) is 5.69 Å². The van der Waals surface area contributed by atoms with Crippen molar-refractivity contribution in [2.45, 2.75) is 38.9 Å². The standard InChI is InChI=1S/C11H15N7O/c1-8-4-17-5-9(2-3-10(17)13-8)14-11(19)6-18-7-12-15-16-18/h4,7,9H,2-3,5-6H2,1H3,(H,14,19)/t9-/m1/s1. The van der Waals surface area contributed by atoms with Crippen LogP contribution in [0.5, 0.6) is 0 Å². The monoisotopic (exact) mass is 261 g/mol. The summed E-state index contributed by atoms with van der Waals surface area (Å²) in [5.41, 5.74) is 1.02. The SMILES string of the molecule is Cc1cn2c(n1)CC[C@@H](NC(=O)Cn1cnnn1)C2. The molecule has 8 nitrogen and oxygen atoms in total. The molecule has 0 bridgehead atoms. The molecule has 0 spiro atoms. The van der Waals surface area contributed by atoms with Crippen molar-refractivity contribution in [1.29, 1.82) is 0 Å². The van der Waals surface area contributed by atoms with Crippen LogP contribution in [0, 0.1) is 6.92 Å². The molecular formula is C11H15N7O. The molecule has 3 rings (SSSR count). The molecule has 1 atom stereocenters. The molecule has 1 N–H and O–H groups in total. The molecule has 0 unspecified atom stereocenters. The molecule has 0 fully saturated rings. The molecule has 8 heteroatoms. The third-order valence-corrected chi connectivity index (χ3v) is 3.18. The van der Waals surface area contributed by atoms with Gasteiger partial charge in [-0.25, -0.2) is 9.67 Å². The van der Waals surface area contributed by atoms with Gasteiger partial charge in [-0.1, -0.05) is 0 Å². The first-order valence-corrected chi connectivity index (χ1v) is 6.23. The topological polar surface area (TPSA) is 90.5 Å². The Labute approximate surface area is 109 Å². The van der Waals surface area contributed by atoms with Crippen LogP contribution in [0.3, 0.4) is 0 Å². The van der Waals surface area contributed by atoms with Crippen LogP contribution in [0.15, 0.2) is 12.5 Å². The Morgan fingerprint density at radius 3 is 3.26 bits per heavy atom. The summed E-state index contributed by atoms with van der Waals surface area (Å²) in [6, 6.07) is 0.144. The van der Waals surface area contributed by atoms with Crippen LogP contribution in [0.25, 0.3) is 0 Å². The van der Waals surface area contributed by atoms with Gasteiger partial charge in [0, 0.05) is 25.2 Å². The number of rotatable bonds is 3. The number of aryl methyl sites for hydroxylation is 2. The van der Waals surface area contributed by atoms with Gasteiger partial charge < -0.3 is 9.88 Å². The van der Waals surface area contributed by atoms with Gasteiger partial charge >= 0.3 is 0 Å². The van der Waals surface area contributed by atoms with Gasteiger partial charge in [-0.2, -0.15) is 0 Å². The molecule has 0 aliphatic carbocycles. The zero-order valence-electron chi connectivity index (χ0n) is 10.7. The van der Waals surface area contributed by atoms with E-state index in [1.807, 2.05) is 13.1 Å². The summed E-state index contributed by atoms with van der Waals surface area (Å²) in [5, 5.41) is 13.7. The minimum atomic E-state index is -0.0717. The number of hydrogen-bond acceptors (Lipinski definition) is 5. The van der Waals surface area contributed by atoms with Crippen LogP contribution in [0.1, 0.15) is 17.9 Å². The molecule has 0 saturated heterocycles. The van der Waals surface area contributed by atoms with Gasteiger partial charge in [0.2, 0.25) is 5.91 Å². The highest BCUT2D eigenvalue weighted by molar-refractivity contribution is 5.75. The zero-order chi connectivity index (χ0) is 13.2. The molecule has 2 aromatic heterocycles. The summed E-state index contributed by atoms with van der Waals surface area (Å²) in [6.45, 7) is 2.91. The van der Waals surface area contributed by atoms with Crippen molar-refractivity contribution in [3.05, 3.63) is 24.0 Å². The van der Waals surface area contributed by atoms with Gasteiger partial charge in [0.1, 0.15) is 18.7 Å². The van der Waals surface area contributed by atoms with E-state index in [0.29, 0.717) is 0 Å². The van der Waals surface area contributed by atoms with Crippen molar-refractivity contribution in [2.24, 2.45) is 0 Å². The first-order chi connectivity index (χ1) is 9.20. The van der Waals surface area contributed by atoms with Crippen LogP contribution in [-0.2, 0) is 24.3 Å². The quantitative estimate of drug-likeness (QED) is 0.789. The van der Waals surface area contributed by atoms with Crippen molar-refractivity contribution in [1.82, 2.24) is 35.1 Å². The number of nitrogens with zero attached hydrogens (tertiary/aromatic N) is 6. The third kappa shape index (κ3) is 2.61. The Hall–Kier alpha value is -2.25. The number of nitrogens with one attached hydrogen (secondary N) is 1. The fourth-order valence-corrected chi connectivity index (χ4v) is 2.38. The van der Waals surface area contributed by atoms with Crippen LogP contribution in [0.2, 0.25) is 0 Å². The van der Waals surface area contributed by atoms with Gasteiger partial charge in [0.25, 0.3) is 0 Å². The maximum atomic E-state index is 11.8. The Bertz CT molecular complexity index is 574. The van der Waals surface area contributed by atoms with Gasteiger partial charge in [0.15, 0.2) is 0 Å². The highest BCUT2D eigenvalue weighted by Gasteiger charge is 2.21. The lowest BCUT2D eigenvalue weighted by Gasteiger charge is -2.24. The van der Waals surface area contributed by atoms with E-state index < -0.39 is 0 Å². The van der Waals surface area contributed by atoms with Gasteiger partial charge in [-0.3, -0.25) is 4.79 Å². The first kappa shape index (κ1) is 11.8. The third-order valence-electron chi connectivity index (χ3n) is 3.18. The van der Waals surface area contributed by atoms with Crippen LogP contribution in [-0.4, -0.2) is 41.7 Å². The van der Waals surface area contributed by atoms with Gasteiger partial charge in [-0.05, 0) is 23.8 Å². The molecule has 0 saturated carbocycles. The van der Waals surface area contributed by atoms with Crippen molar-refractivity contribution in [3.8, 4) is 0 Å².